The van der Waals surface area contributed by atoms with Gasteiger partial charge in [0.05, 0.1) is 6.07 Å². The lowest BCUT2D eigenvalue weighted by Crippen LogP contribution is -2.22. The highest BCUT2D eigenvalue weighted by atomic mass is 16.1. The van der Waals surface area contributed by atoms with Gasteiger partial charge >= 0.3 is 0 Å². The SMILES string of the molecule is C=CC(C#N)NC=O. The van der Waals surface area contributed by atoms with Gasteiger partial charge in [-0.3, -0.25) is 4.79 Å². The van der Waals surface area contributed by atoms with E-state index < -0.39 is 6.04 Å². The van der Waals surface area contributed by atoms with E-state index >= 15 is 0 Å². The fraction of sp³-hybridized carbons (Fsp3) is 0.200. The van der Waals surface area contributed by atoms with Gasteiger partial charge in [0.15, 0.2) is 0 Å². The van der Waals surface area contributed by atoms with Crippen LogP contribution in [0.4, 0.5) is 0 Å². The van der Waals surface area contributed by atoms with Crippen molar-refractivity contribution in [2.75, 3.05) is 0 Å². The van der Waals surface area contributed by atoms with E-state index in [1.165, 1.54) is 6.08 Å². The van der Waals surface area contributed by atoms with Crippen LogP contribution in [-0.4, -0.2) is 12.5 Å². The summed E-state index contributed by atoms with van der Waals surface area (Å²) in [5.74, 6) is 0. The Morgan fingerprint density at radius 3 is 2.62 bits per heavy atom. The van der Waals surface area contributed by atoms with Gasteiger partial charge in [0.2, 0.25) is 6.41 Å². The van der Waals surface area contributed by atoms with Crippen LogP contribution in [0.5, 0.6) is 0 Å². The standard InChI is InChI=1S/C5H6N2O/c1-2-5(3-6)7-4-8/h2,4-5H,1H2,(H,7,8). The van der Waals surface area contributed by atoms with Crippen LogP contribution >= 0.6 is 0 Å². The van der Waals surface area contributed by atoms with Crippen molar-refractivity contribution in [3.05, 3.63) is 12.7 Å². The van der Waals surface area contributed by atoms with Crippen molar-refractivity contribution in [2.24, 2.45) is 0 Å². The van der Waals surface area contributed by atoms with Gasteiger partial charge in [-0.25, -0.2) is 0 Å². The second kappa shape index (κ2) is 3.88. The van der Waals surface area contributed by atoms with E-state index in [0.29, 0.717) is 6.41 Å². The lowest BCUT2D eigenvalue weighted by atomic mass is 10.3. The summed E-state index contributed by atoms with van der Waals surface area (Å²) in [6, 6.07) is 1.24. The van der Waals surface area contributed by atoms with Gasteiger partial charge in [0, 0.05) is 0 Å². The largest absolute Gasteiger partial charge is 0.340 e. The molecule has 0 aliphatic carbocycles. The molecule has 0 rings (SSSR count). The molecule has 0 aromatic rings. The van der Waals surface area contributed by atoms with Gasteiger partial charge in [-0.15, -0.1) is 0 Å². The molecule has 0 fully saturated rings. The maximum absolute atomic E-state index is 9.62. The van der Waals surface area contributed by atoms with Gasteiger partial charge in [0.1, 0.15) is 6.04 Å². The van der Waals surface area contributed by atoms with E-state index in [-0.39, 0.29) is 0 Å². The summed E-state index contributed by atoms with van der Waals surface area (Å²) in [5, 5.41) is 10.3. The lowest BCUT2D eigenvalue weighted by molar-refractivity contribution is -0.109. The normalized spacial score (nSPS) is 10.9. The van der Waals surface area contributed by atoms with Crippen molar-refractivity contribution in [1.29, 1.82) is 5.26 Å². The molecule has 0 saturated heterocycles. The minimum atomic E-state index is -0.549. The fourth-order valence-electron chi connectivity index (χ4n) is 0.231. The fourth-order valence-corrected chi connectivity index (χ4v) is 0.231. The maximum atomic E-state index is 9.62. The van der Waals surface area contributed by atoms with Crippen molar-refractivity contribution in [3.63, 3.8) is 0 Å². The predicted octanol–water partition coefficient (Wildman–Crippen LogP) is -0.189. The molecule has 42 valence electrons. The van der Waals surface area contributed by atoms with E-state index in [9.17, 15) is 4.79 Å². The van der Waals surface area contributed by atoms with Crippen molar-refractivity contribution in [3.8, 4) is 6.07 Å². The Morgan fingerprint density at radius 2 is 2.50 bits per heavy atom. The molecule has 0 aromatic heterocycles. The van der Waals surface area contributed by atoms with E-state index in [4.69, 9.17) is 5.26 Å². The van der Waals surface area contributed by atoms with Crippen molar-refractivity contribution >= 4 is 6.41 Å². The van der Waals surface area contributed by atoms with E-state index in [2.05, 4.69) is 11.9 Å². The third-order valence-electron chi connectivity index (χ3n) is 0.622. The number of rotatable bonds is 3. The summed E-state index contributed by atoms with van der Waals surface area (Å²) >= 11 is 0. The first-order chi connectivity index (χ1) is 3.85. The highest BCUT2D eigenvalue weighted by Crippen LogP contribution is 1.75. The van der Waals surface area contributed by atoms with Crippen LogP contribution in [-0.2, 0) is 4.79 Å². The number of carbonyl (C=O) groups excluding carboxylic acids is 1. The molecular formula is C5H6N2O. The van der Waals surface area contributed by atoms with Crippen LogP contribution in [0.25, 0.3) is 0 Å². The van der Waals surface area contributed by atoms with Crippen molar-refractivity contribution < 1.29 is 4.79 Å². The van der Waals surface area contributed by atoms with Crippen molar-refractivity contribution in [1.82, 2.24) is 5.32 Å². The Labute approximate surface area is 47.6 Å². The molecule has 1 N–H and O–H groups in total. The predicted molar refractivity (Wildman–Crippen MR) is 28.8 cm³/mol. The summed E-state index contributed by atoms with van der Waals surface area (Å²) in [6.07, 6.45) is 1.82. The van der Waals surface area contributed by atoms with Crippen LogP contribution in [0.1, 0.15) is 0 Å². The molecule has 1 atom stereocenters. The molecule has 0 aliphatic rings. The lowest BCUT2D eigenvalue weighted by Gasteiger charge is -1.95. The number of amides is 1. The topological polar surface area (TPSA) is 52.9 Å². The van der Waals surface area contributed by atoms with E-state index in [1.54, 1.807) is 6.07 Å². The molecule has 0 bridgehead atoms. The first-order valence-electron chi connectivity index (χ1n) is 2.07. The van der Waals surface area contributed by atoms with Crippen LogP contribution in [0.2, 0.25) is 0 Å². The molecule has 1 unspecified atom stereocenters. The maximum Gasteiger partial charge on any atom is 0.208 e. The molecule has 0 spiro atoms. The van der Waals surface area contributed by atoms with E-state index in [1.807, 2.05) is 0 Å². The second-order valence-electron chi connectivity index (χ2n) is 1.13. The van der Waals surface area contributed by atoms with E-state index in [0.717, 1.165) is 0 Å². The first-order valence-corrected chi connectivity index (χ1v) is 2.07. The average molecular weight is 110 g/mol. The summed E-state index contributed by atoms with van der Waals surface area (Å²) in [4.78, 5) is 9.62. The zero-order chi connectivity index (χ0) is 6.41. The summed E-state index contributed by atoms with van der Waals surface area (Å²) in [6.45, 7) is 3.31. The van der Waals surface area contributed by atoms with Gasteiger partial charge < -0.3 is 5.32 Å². The minimum absolute atomic E-state index is 0.468. The number of nitriles is 1. The zero-order valence-electron chi connectivity index (χ0n) is 4.29. The second-order valence-corrected chi connectivity index (χ2v) is 1.13. The molecule has 0 radical (unpaired) electrons. The molecule has 0 saturated carbocycles. The van der Waals surface area contributed by atoms with Crippen LogP contribution in [0.3, 0.4) is 0 Å². The Balaban J connectivity index is 3.56. The van der Waals surface area contributed by atoms with Crippen LogP contribution in [0.15, 0.2) is 12.7 Å². The molecule has 3 heteroatoms. The molecule has 0 aromatic carbocycles. The number of nitrogens with zero attached hydrogens (tertiary/aromatic N) is 1. The monoisotopic (exact) mass is 110 g/mol. The summed E-state index contributed by atoms with van der Waals surface area (Å²) in [5.41, 5.74) is 0. The Hall–Kier alpha value is -1.30. The minimum Gasteiger partial charge on any atom is -0.340 e. The highest BCUT2D eigenvalue weighted by Gasteiger charge is 1.93. The highest BCUT2D eigenvalue weighted by molar-refractivity contribution is 5.48. The third kappa shape index (κ3) is 1.98. The molecule has 8 heavy (non-hydrogen) atoms. The van der Waals surface area contributed by atoms with Gasteiger partial charge in [-0.05, 0) is 0 Å². The van der Waals surface area contributed by atoms with Gasteiger partial charge in [-0.2, -0.15) is 5.26 Å². The number of hydrogen-bond acceptors (Lipinski definition) is 2. The molecule has 0 aliphatic heterocycles. The average Bonchev–Trinajstić information content (AvgIpc) is 1.83. The zero-order valence-corrected chi connectivity index (χ0v) is 4.29. The third-order valence-corrected chi connectivity index (χ3v) is 0.622. The van der Waals surface area contributed by atoms with Crippen LogP contribution in [0, 0.1) is 11.3 Å². The Bertz CT molecular complexity index is 125. The summed E-state index contributed by atoms with van der Waals surface area (Å²) < 4.78 is 0. The number of nitrogens with one attached hydrogen (secondary N) is 1. The molecular weight excluding hydrogens is 104 g/mol. The molecule has 0 heterocycles. The number of carbonyl (C=O) groups is 1. The Kier molecular flexibility index (Phi) is 3.25. The first kappa shape index (κ1) is 6.70. The molecule has 1 amide bonds. The summed E-state index contributed by atoms with van der Waals surface area (Å²) in [7, 11) is 0. The quantitative estimate of drug-likeness (QED) is 0.404. The Morgan fingerprint density at radius 1 is 1.88 bits per heavy atom. The van der Waals surface area contributed by atoms with Crippen LogP contribution < -0.4 is 5.32 Å². The smallest absolute Gasteiger partial charge is 0.208 e. The molecule has 3 nitrogen and oxygen atoms in total. The van der Waals surface area contributed by atoms with Gasteiger partial charge in [0.25, 0.3) is 0 Å². The van der Waals surface area contributed by atoms with Crippen molar-refractivity contribution in [2.45, 2.75) is 6.04 Å². The number of hydrogen-bond donors (Lipinski definition) is 1. The van der Waals surface area contributed by atoms with Gasteiger partial charge in [-0.1, -0.05) is 12.7 Å².